The fraction of sp³-hybridized carbons (Fsp3) is 0.545. The predicted molar refractivity (Wildman–Crippen MR) is 58.2 cm³/mol. The Labute approximate surface area is 89.3 Å². The Balaban J connectivity index is 2.22. The first-order valence-corrected chi connectivity index (χ1v) is 5.09. The van der Waals surface area contributed by atoms with Gasteiger partial charge in [-0.2, -0.15) is 0 Å². The number of aliphatic hydroxyl groups excluding tert-OH is 1. The first-order valence-electron chi connectivity index (χ1n) is 5.09. The van der Waals surface area contributed by atoms with Crippen molar-refractivity contribution in [3.05, 3.63) is 18.0 Å². The standard InChI is InChI=1S/C11H16N2O2/c1-8-5-9(10(15-2)6-12-8)13-11(7-14)3-4-11/h5-6,14H,3-4,7H2,1-2H3,(H,12,13). The lowest BCUT2D eigenvalue weighted by molar-refractivity contribution is 0.266. The Bertz CT molecular complexity index is 362. The third-order valence-electron chi connectivity index (χ3n) is 2.78. The van der Waals surface area contributed by atoms with Gasteiger partial charge in [-0.15, -0.1) is 0 Å². The molecule has 1 aromatic rings. The van der Waals surface area contributed by atoms with Crippen molar-refractivity contribution >= 4 is 5.69 Å². The third kappa shape index (κ3) is 2.04. The van der Waals surface area contributed by atoms with E-state index in [1.807, 2.05) is 13.0 Å². The van der Waals surface area contributed by atoms with Crippen LogP contribution in [0, 0.1) is 6.92 Å². The number of nitrogens with one attached hydrogen (secondary N) is 1. The molecular weight excluding hydrogens is 192 g/mol. The average molecular weight is 208 g/mol. The molecule has 2 rings (SSSR count). The van der Waals surface area contributed by atoms with Crippen LogP contribution < -0.4 is 10.1 Å². The second-order valence-corrected chi connectivity index (χ2v) is 4.09. The lowest BCUT2D eigenvalue weighted by atomic mass is 10.2. The molecule has 2 N–H and O–H groups in total. The number of aryl methyl sites for hydroxylation is 1. The number of anilines is 1. The maximum atomic E-state index is 9.23. The summed E-state index contributed by atoms with van der Waals surface area (Å²) in [4.78, 5) is 4.16. The van der Waals surface area contributed by atoms with Crippen LogP contribution in [0.15, 0.2) is 12.3 Å². The quantitative estimate of drug-likeness (QED) is 0.784. The first-order chi connectivity index (χ1) is 7.19. The molecular formula is C11H16N2O2. The molecule has 1 aliphatic carbocycles. The topological polar surface area (TPSA) is 54.4 Å². The highest BCUT2D eigenvalue weighted by Crippen LogP contribution is 2.40. The number of aliphatic hydroxyl groups is 1. The predicted octanol–water partition coefficient (Wildman–Crippen LogP) is 1.34. The normalized spacial score (nSPS) is 17.3. The molecule has 0 amide bonds. The number of nitrogens with zero attached hydrogens (tertiary/aromatic N) is 1. The van der Waals surface area contributed by atoms with Gasteiger partial charge in [0.05, 0.1) is 31.1 Å². The van der Waals surface area contributed by atoms with E-state index in [0.717, 1.165) is 30.0 Å². The molecule has 0 atom stereocenters. The van der Waals surface area contributed by atoms with Gasteiger partial charge in [0.1, 0.15) is 0 Å². The molecule has 0 bridgehead atoms. The summed E-state index contributed by atoms with van der Waals surface area (Å²) in [6.45, 7) is 2.10. The minimum Gasteiger partial charge on any atom is -0.493 e. The van der Waals surface area contributed by atoms with E-state index >= 15 is 0 Å². The van der Waals surface area contributed by atoms with Crippen LogP contribution in [0.5, 0.6) is 5.75 Å². The van der Waals surface area contributed by atoms with Crippen molar-refractivity contribution in [3.63, 3.8) is 0 Å². The Morgan fingerprint density at radius 1 is 1.60 bits per heavy atom. The van der Waals surface area contributed by atoms with E-state index in [-0.39, 0.29) is 12.1 Å². The Kier molecular flexibility index (Phi) is 2.52. The van der Waals surface area contributed by atoms with Gasteiger partial charge in [0, 0.05) is 5.69 Å². The number of pyridine rings is 1. The molecule has 0 unspecified atom stereocenters. The number of hydrogen-bond acceptors (Lipinski definition) is 4. The fourth-order valence-corrected chi connectivity index (χ4v) is 1.57. The van der Waals surface area contributed by atoms with Gasteiger partial charge in [-0.1, -0.05) is 0 Å². The van der Waals surface area contributed by atoms with Crippen molar-refractivity contribution in [1.29, 1.82) is 0 Å². The Morgan fingerprint density at radius 3 is 2.87 bits per heavy atom. The molecule has 15 heavy (non-hydrogen) atoms. The van der Waals surface area contributed by atoms with Crippen LogP contribution in [0.3, 0.4) is 0 Å². The molecule has 0 aromatic carbocycles. The van der Waals surface area contributed by atoms with Gasteiger partial charge in [-0.3, -0.25) is 4.98 Å². The molecule has 0 aliphatic heterocycles. The third-order valence-corrected chi connectivity index (χ3v) is 2.78. The summed E-state index contributed by atoms with van der Waals surface area (Å²) in [5, 5.41) is 12.6. The van der Waals surface area contributed by atoms with Gasteiger partial charge in [-0.25, -0.2) is 0 Å². The van der Waals surface area contributed by atoms with E-state index < -0.39 is 0 Å². The second-order valence-electron chi connectivity index (χ2n) is 4.09. The summed E-state index contributed by atoms with van der Waals surface area (Å²) in [6.07, 6.45) is 3.72. The fourth-order valence-electron chi connectivity index (χ4n) is 1.57. The minimum atomic E-state index is -0.124. The van der Waals surface area contributed by atoms with Crippen molar-refractivity contribution in [1.82, 2.24) is 4.98 Å². The number of methoxy groups -OCH3 is 1. The van der Waals surface area contributed by atoms with Crippen molar-refractivity contribution in [2.45, 2.75) is 25.3 Å². The number of aromatic nitrogens is 1. The SMILES string of the molecule is COc1cnc(C)cc1NC1(CO)CC1. The van der Waals surface area contributed by atoms with Crippen LogP contribution in [0.25, 0.3) is 0 Å². The smallest absolute Gasteiger partial charge is 0.160 e. The lowest BCUT2D eigenvalue weighted by Gasteiger charge is -2.18. The zero-order valence-corrected chi connectivity index (χ0v) is 9.08. The van der Waals surface area contributed by atoms with Crippen LogP contribution in [0.4, 0.5) is 5.69 Å². The number of hydrogen-bond donors (Lipinski definition) is 2. The van der Waals surface area contributed by atoms with Crippen molar-refractivity contribution in [2.24, 2.45) is 0 Å². The van der Waals surface area contributed by atoms with E-state index in [2.05, 4.69) is 10.3 Å². The zero-order valence-electron chi connectivity index (χ0n) is 9.08. The molecule has 1 heterocycles. The Morgan fingerprint density at radius 2 is 2.33 bits per heavy atom. The summed E-state index contributed by atoms with van der Waals surface area (Å²) in [7, 11) is 1.62. The van der Waals surface area contributed by atoms with E-state index in [1.165, 1.54) is 0 Å². The molecule has 1 aromatic heterocycles. The lowest BCUT2D eigenvalue weighted by Crippen LogP contribution is -2.25. The van der Waals surface area contributed by atoms with E-state index in [9.17, 15) is 5.11 Å². The molecule has 1 saturated carbocycles. The molecule has 1 fully saturated rings. The summed E-state index contributed by atoms with van der Waals surface area (Å²) >= 11 is 0. The average Bonchev–Trinajstić information content (AvgIpc) is 2.99. The monoisotopic (exact) mass is 208 g/mol. The zero-order chi connectivity index (χ0) is 10.9. The maximum absolute atomic E-state index is 9.23. The van der Waals surface area contributed by atoms with Crippen molar-refractivity contribution in [2.75, 3.05) is 19.0 Å². The summed E-state index contributed by atoms with van der Waals surface area (Å²) in [6, 6.07) is 1.94. The van der Waals surface area contributed by atoms with Crippen molar-refractivity contribution in [3.8, 4) is 5.75 Å². The van der Waals surface area contributed by atoms with Crippen LogP contribution in [-0.4, -0.2) is 29.3 Å². The minimum absolute atomic E-state index is 0.124. The maximum Gasteiger partial charge on any atom is 0.160 e. The van der Waals surface area contributed by atoms with Crippen LogP contribution in [0.1, 0.15) is 18.5 Å². The summed E-state index contributed by atoms with van der Waals surface area (Å²) in [5.74, 6) is 0.723. The van der Waals surface area contributed by atoms with E-state index in [0.29, 0.717) is 0 Å². The number of rotatable bonds is 4. The molecule has 82 valence electrons. The van der Waals surface area contributed by atoms with Crippen LogP contribution >= 0.6 is 0 Å². The largest absolute Gasteiger partial charge is 0.493 e. The molecule has 1 aliphatic rings. The van der Waals surface area contributed by atoms with Crippen LogP contribution in [-0.2, 0) is 0 Å². The summed E-state index contributed by atoms with van der Waals surface area (Å²) < 4.78 is 5.21. The van der Waals surface area contributed by atoms with Gasteiger partial charge < -0.3 is 15.2 Å². The molecule has 4 nitrogen and oxygen atoms in total. The molecule has 4 heteroatoms. The highest BCUT2D eigenvalue weighted by molar-refractivity contribution is 5.58. The van der Waals surface area contributed by atoms with Gasteiger partial charge in [0.2, 0.25) is 0 Å². The van der Waals surface area contributed by atoms with Gasteiger partial charge >= 0.3 is 0 Å². The number of ether oxygens (including phenoxy) is 1. The Hall–Kier alpha value is -1.29. The molecule has 0 saturated heterocycles. The first kappa shape index (κ1) is 10.2. The molecule has 0 radical (unpaired) electrons. The van der Waals surface area contributed by atoms with Crippen molar-refractivity contribution < 1.29 is 9.84 Å². The van der Waals surface area contributed by atoms with E-state index in [1.54, 1.807) is 13.3 Å². The summed E-state index contributed by atoms with van der Waals surface area (Å²) in [5.41, 5.74) is 1.73. The molecule has 0 spiro atoms. The highest BCUT2D eigenvalue weighted by atomic mass is 16.5. The van der Waals surface area contributed by atoms with Gasteiger partial charge in [-0.05, 0) is 25.8 Å². The van der Waals surface area contributed by atoms with E-state index in [4.69, 9.17) is 4.74 Å². The highest BCUT2D eigenvalue weighted by Gasteiger charge is 2.42. The van der Waals surface area contributed by atoms with Gasteiger partial charge in [0.15, 0.2) is 5.75 Å². The van der Waals surface area contributed by atoms with Crippen LogP contribution in [0.2, 0.25) is 0 Å². The second kappa shape index (κ2) is 3.70. The van der Waals surface area contributed by atoms with Gasteiger partial charge in [0.25, 0.3) is 0 Å².